The molecule has 0 radical (unpaired) electrons. The Bertz CT molecular complexity index is 763. The molecule has 0 fully saturated rings. The van der Waals surface area contributed by atoms with Gasteiger partial charge in [0.2, 0.25) is 0 Å². The van der Waals surface area contributed by atoms with Crippen molar-refractivity contribution in [2.24, 2.45) is 0 Å². The fraction of sp³-hybridized carbons (Fsp3) is 0.474. The lowest BCUT2D eigenvalue weighted by Crippen LogP contribution is -2.30. The quantitative estimate of drug-likeness (QED) is 0.643. The molecule has 0 bridgehead atoms. The van der Waals surface area contributed by atoms with Gasteiger partial charge in [0.15, 0.2) is 0 Å². The van der Waals surface area contributed by atoms with Crippen LogP contribution < -0.4 is 5.32 Å². The van der Waals surface area contributed by atoms with Gasteiger partial charge in [0.05, 0.1) is 6.20 Å². The van der Waals surface area contributed by atoms with Crippen LogP contribution >= 0.6 is 0 Å². The molecule has 6 nitrogen and oxygen atoms in total. The molecule has 10 heteroatoms. The Morgan fingerprint density at radius 1 is 1.34 bits per heavy atom. The number of carbonyl (C=O) groups is 1. The zero-order valence-electron chi connectivity index (χ0n) is 16.6. The van der Waals surface area contributed by atoms with Crippen molar-refractivity contribution in [2.75, 3.05) is 20.6 Å². The largest absolute Gasteiger partial charge is 0.490 e. The van der Waals surface area contributed by atoms with E-state index in [2.05, 4.69) is 28.4 Å². The number of aromatic nitrogens is 2. The second-order valence-corrected chi connectivity index (χ2v) is 6.58. The van der Waals surface area contributed by atoms with E-state index < -0.39 is 12.1 Å². The molecule has 0 aliphatic heterocycles. The van der Waals surface area contributed by atoms with E-state index in [9.17, 15) is 17.6 Å². The van der Waals surface area contributed by atoms with Gasteiger partial charge < -0.3 is 15.3 Å². The third-order valence-electron chi connectivity index (χ3n) is 3.91. The Morgan fingerprint density at radius 3 is 2.52 bits per heavy atom. The standard InChI is InChI=1S/C17H25FN4.C2HF3O2/c1-4-8-22-13-14(11-20-22)10-19-12-17(21(2)3)15-6-5-7-16(18)9-15;3-2(4,5)1(6)7/h5-7,9,11,13,17,19H,4,8,10,12H2,1-3H3;(H,6,7). The van der Waals surface area contributed by atoms with E-state index >= 15 is 0 Å². The fourth-order valence-corrected chi connectivity index (χ4v) is 2.51. The summed E-state index contributed by atoms with van der Waals surface area (Å²) in [5.74, 6) is -2.95. The molecule has 0 aliphatic carbocycles. The van der Waals surface area contributed by atoms with Gasteiger partial charge in [-0.3, -0.25) is 4.68 Å². The fourth-order valence-electron chi connectivity index (χ4n) is 2.51. The number of carboxylic acid groups (broad SMARTS) is 1. The molecule has 0 saturated heterocycles. The minimum atomic E-state index is -5.08. The van der Waals surface area contributed by atoms with E-state index in [-0.39, 0.29) is 11.9 Å². The number of nitrogens with one attached hydrogen (secondary N) is 1. The van der Waals surface area contributed by atoms with Crippen LogP contribution in [0.15, 0.2) is 36.7 Å². The van der Waals surface area contributed by atoms with E-state index in [1.54, 1.807) is 12.1 Å². The highest BCUT2D eigenvalue weighted by Crippen LogP contribution is 2.18. The maximum atomic E-state index is 13.4. The number of aryl methyl sites for hydroxylation is 1. The number of aliphatic carboxylic acids is 1. The van der Waals surface area contributed by atoms with Crippen LogP contribution in [0.2, 0.25) is 0 Å². The highest BCUT2D eigenvalue weighted by molar-refractivity contribution is 5.73. The molecule has 29 heavy (non-hydrogen) atoms. The molecule has 0 amide bonds. The molecule has 1 atom stereocenters. The van der Waals surface area contributed by atoms with Gasteiger partial charge in [-0.15, -0.1) is 0 Å². The van der Waals surface area contributed by atoms with Crippen molar-refractivity contribution in [1.29, 1.82) is 0 Å². The molecule has 1 aromatic heterocycles. The summed E-state index contributed by atoms with van der Waals surface area (Å²) in [6.07, 6.45) is -0.0321. The van der Waals surface area contributed by atoms with Crippen molar-refractivity contribution in [3.05, 3.63) is 53.6 Å². The second kappa shape index (κ2) is 11.5. The van der Waals surface area contributed by atoms with Gasteiger partial charge in [-0.25, -0.2) is 9.18 Å². The minimum Gasteiger partial charge on any atom is -0.475 e. The van der Waals surface area contributed by atoms with Crippen LogP contribution in [0.1, 0.15) is 30.5 Å². The molecule has 0 spiro atoms. The smallest absolute Gasteiger partial charge is 0.475 e. The molecule has 1 heterocycles. The van der Waals surface area contributed by atoms with Crippen LogP contribution in [0.5, 0.6) is 0 Å². The van der Waals surface area contributed by atoms with Crippen molar-refractivity contribution < 1.29 is 27.5 Å². The number of rotatable bonds is 8. The SMILES string of the molecule is CCCn1cc(CNCC(c2cccc(F)c2)N(C)C)cn1.O=C(O)C(F)(F)F. The van der Waals surface area contributed by atoms with Gasteiger partial charge in [0.25, 0.3) is 0 Å². The predicted octanol–water partition coefficient (Wildman–Crippen LogP) is 3.46. The van der Waals surface area contributed by atoms with Gasteiger partial charge >= 0.3 is 12.1 Å². The van der Waals surface area contributed by atoms with Crippen molar-refractivity contribution in [3.63, 3.8) is 0 Å². The molecule has 2 N–H and O–H groups in total. The Kier molecular flexibility index (Phi) is 9.76. The van der Waals surface area contributed by atoms with Gasteiger partial charge in [0.1, 0.15) is 5.82 Å². The highest BCUT2D eigenvalue weighted by atomic mass is 19.4. The first kappa shape index (κ1) is 24.6. The van der Waals surface area contributed by atoms with Gasteiger partial charge in [-0.05, 0) is 38.2 Å². The molecule has 162 valence electrons. The summed E-state index contributed by atoms with van der Waals surface area (Å²) < 4.78 is 47.1. The van der Waals surface area contributed by atoms with Gasteiger partial charge in [-0.1, -0.05) is 19.1 Å². The summed E-state index contributed by atoms with van der Waals surface area (Å²) in [6.45, 7) is 4.61. The third-order valence-corrected chi connectivity index (χ3v) is 3.91. The van der Waals surface area contributed by atoms with Crippen LogP contribution in [0.25, 0.3) is 0 Å². The zero-order chi connectivity index (χ0) is 22.0. The lowest BCUT2D eigenvalue weighted by molar-refractivity contribution is -0.192. The minimum absolute atomic E-state index is 0.140. The first-order valence-corrected chi connectivity index (χ1v) is 8.98. The molecular formula is C19H26F4N4O2. The molecular weight excluding hydrogens is 392 g/mol. The summed E-state index contributed by atoms with van der Waals surface area (Å²) in [5.41, 5.74) is 2.16. The maximum absolute atomic E-state index is 13.4. The number of likely N-dealkylation sites (N-methyl/N-ethyl adjacent to an activating group) is 1. The Balaban J connectivity index is 0.000000516. The van der Waals surface area contributed by atoms with Crippen LogP contribution in [0.3, 0.4) is 0 Å². The van der Waals surface area contributed by atoms with Crippen LogP contribution in [-0.4, -0.2) is 52.6 Å². The Labute approximate surface area is 167 Å². The highest BCUT2D eigenvalue weighted by Gasteiger charge is 2.38. The average Bonchev–Trinajstić information content (AvgIpc) is 3.06. The van der Waals surface area contributed by atoms with Crippen molar-refractivity contribution in [2.45, 2.75) is 38.7 Å². The molecule has 0 saturated carbocycles. The predicted molar refractivity (Wildman–Crippen MR) is 101 cm³/mol. The number of nitrogens with zero attached hydrogens (tertiary/aromatic N) is 3. The van der Waals surface area contributed by atoms with E-state index in [4.69, 9.17) is 9.90 Å². The molecule has 1 aromatic carbocycles. The molecule has 2 rings (SSSR count). The maximum Gasteiger partial charge on any atom is 0.490 e. The lowest BCUT2D eigenvalue weighted by Gasteiger charge is -2.25. The van der Waals surface area contributed by atoms with E-state index in [1.165, 1.54) is 11.6 Å². The summed E-state index contributed by atoms with van der Waals surface area (Å²) in [6, 6.07) is 6.95. The first-order valence-electron chi connectivity index (χ1n) is 8.98. The summed E-state index contributed by atoms with van der Waals surface area (Å²) in [7, 11) is 4.02. The Morgan fingerprint density at radius 2 is 2.00 bits per heavy atom. The summed E-state index contributed by atoms with van der Waals surface area (Å²) >= 11 is 0. The third kappa shape index (κ3) is 9.05. The number of carboxylic acids is 1. The van der Waals surface area contributed by atoms with Crippen LogP contribution in [0.4, 0.5) is 17.6 Å². The number of benzene rings is 1. The first-order chi connectivity index (χ1) is 13.5. The Hall–Kier alpha value is -2.46. The van der Waals surface area contributed by atoms with Crippen molar-refractivity contribution in [3.8, 4) is 0 Å². The van der Waals surface area contributed by atoms with E-state index in [0.717, 1.165) is 31.6 Å². The van der Waals surface area contributed by atoms with Crippen molar-refractivity contribution >= 4 is 5.97 Å². The van der Waals surface area contributed by atoms with Crippen LogP contribution in [0, 0.1) is 5.82 Å². The van der Waals surface area contributed by atoms with Gasteiger partial charge in [-0.2, -0.15) is 18.3 Å². The van der Waals surface area contributed by atoms with E-state index in [0.29, 0.717) is 0 Å². The molecule has 2 aromatic rings. The van der Waals surface area contributed by atoms with Crippen LogP contribution in [-0.2, 0) is 17.9 Å². The van der Waals surface area contributed by atoms with Gasteiger partial charge in [0, 0.05) is 37.4 Å². The van der Waals surface area contributed by atoms with E-state index in [1.807, 2.05) is 31.0 Å². The number of hydrogen-bond donors (Lipinski definition) is 2. The zero-order valence-corrected chi connectivity index (χ0v) is 16.6. The molecule has 0 aliphatic rings. The number of halogens is 4. The number of alkyl halides is 3. The lowest BCUT2D eigenvalue weighted by atomic mass is 10.1. The second-order valence-electron chi connectivity index (χ2n) is 6.58. The average molecular weight is 418 g/mol. The molecule has 1 unspecified atom stereocenters. The summed E-state index contributed by atoms with van der Waals surface area (Å²) in [5, 5.41) is 14.9. The normalized spacial score (nSPS) is 12.4. The summed E-state index contributed by atoms with van der Waals surface area (Å²) in [4.78, 5) is 11.0. The topological polar surface area (TPSA) is 70.4 Å². The van der Waals surface area contributed by atoms with Crippen molar-refractivity contribution in [1.82, 2.24) is 20.0 Å². The monoisotopic (exact) mass is 418 g/mol. The number of hydrogen-bond acceptors (Lipinski definition) is 4.